The molecule has 3 amide bonds. The minimum Gasteiger partial charge on any atom is -0.494 e. The van der Waals surface area contributed by atoms with Crippen LogP contribution in [0.3, 0.4) is 0 Å². The van der Waals surface area contributed by atoms with E-state index >= 15 is 0 Å². The lowest BCUT2D eigenvalue weighted by Crippen LogP contribution is -2.55. The summed E-state index contributed by atoms with van der Waals surface area (Å²) in [5, 5.41) is 2.74. The first kappa shape index (κ1) is 21.7. The highest BCUT2D eigenvalue weighted by Crippen LogP contribution is 2.23. The van der Waals surface area contributed by atoms with Gasteiger partial charge in [-0.3, -0.25) is 25.2 Å². The van der Waals surface area contributed by atoms with Crippen molar-refractivity contribution in [1.29, 1.82) is 0 Å². The molecule has 0 unspecified atom stereocenters. The molecule has 1 fully saturated rings. The molecular formula is C21H31N3O4. The predicted octanol–water partition coefficient (Wildman–Crippen LogP) is 2.57. The standard InChI is InChI=1S/C21H31N3O4/c1-4-28-17-12-10-16(11-13-17)19(25)22-18(14(2)3)21(27)24-23-20(26)15-8-6-5-7-9-15/h10-15,18H,4-9H2,1-3H3,(H,22,25)(H,23,26)(H,24,27)/t18-/m0/s1. The van der Waals surface area contributed by atoms with Crippen molar-refractivity contribution >= 4 is 17.7 Å². The molecule has 1 aliphatic rings. The smallest absolute Gasteiger partial charge is 0.261 e. The van der Waals surface area contributed by atoms with E-state index in [2.05, 4.69) is 16.2 Å². The first-order chi connectivity index (χ1) is 13.4. The van der Waals surface area contributed by atoms with Crippen LogP contribution >= 0.6 is 0 Å². The maximum absolute atomic E-state index is 12.5. The van der Waals surface area contributed by atoms with E-state index in [1.54, 1.807) is 24.3 Å². The third kappa shape index (κ3) is 6.25. The van der Waals surface area contributed by atoms with Crippen molar-refractivity contribution in [2.24, 2.45) is 11.8 Å². The molecule has 7 heteroatoms. The number of ether oxygens (including phenoxy) is 1. The first-order valence-electron chi connectivity index (χ1n) is 10.1. The zero-order valence-electron chi connectivity index (χ0n) is 16.9. The van der Waals surface area contributed by atoms with E-state index in [1.165, 1.54) is 0 Å². The number of rotatable bonds is 7. The monoisotopic (exact) mass is 389 g/mol. The zero-order chi connectivity index (χ0) is 20.5. The van der Waals surface area contributed by atoms with Gasteiger partial charge in [0.05, 0.1) is 6.61 Å². The van der Waals surface area contributed by atoms with Gasteiger partial charge in [0.25, 0.3) is 11.8 Å². The van der Waals surface area contributed by atoms with Crippen molar-refractivity contribution in [3.8, 4) is 5.75 Å². The quantitative estimate of drug-likeness (QED) is 0.625. The number of carbonyl (C=O) groups is 3. The molecule has 1 aromatic rings. The molecule has 0 saturated heterocycles. The molecule has 1 atom stereocenters. The molecule has 1 saturated carbocycles. The van der Waals surface area contributed by atoms with Gasteiger partial charge in [-0.05, 0) is 49.9 Å². The highest BCUT2D eigenvalue weighted by atomic mass is 16.5. The van der Waals surface area contributed by atoms with Crippen LogP contribution in [-0.4, -0.2) is 30.4 Å². The van der Waals surface area contributed by atoms with Crippen molar-refractivity contribution < 1.29 is 19.1 Å². The highest BCUT2D eigenvalue weighted by Gasteiger charge is 2.26. The fourth-order valence-electron chi connectivity index (χ4n) is 3.30. The molecule has 28 heavy (non-hydrogen) atoms. The Morgan fingerprint density at radius 1 is 1.04 bits per heavy atom. The van der Waals surface area contributed by atoms with Gasteiger partial charge < -0.3 is 10.1 Å². The lowest BCUT2D eigenvalue weighted by atomic mass is 9.89. The second-order valence-electron chi connectivity index (χ2n) is 7.47. The van der Waals surface area contributed by atoms with E-state index in [0.717, 1.165) is 32.1 Å². The average Bonchev–Trinajstić information content (AvgIpc) is 2.71. The van der Waals surface area contributed by atoms with Gasteiger partial charge in [-0.25, -0.2) is 0 Å². The number of hydrazine groups is 1. The molecule has 3 N–H and O–H groups in total. The van der Waals surface area contributed by atoms with E-state index in [1.807, 2.05) is 20.8 Å². The SMILES string of the molecule is CCOc1ccc(C(=O)N[C@H](C(=O)NNC(=O)C2CCCCC2)C(C)C)cc1. The Morgan fingerprint density at radius 2 is 1.68 bits per heavy atom. The fourth-order valence-corrected chi connectivity index (χ4v) is 3.30. The van der Waals surface area contributed by atoms with Gasteiger partial charge in [-0.2, -0.15) is 0 Å². The number of hydrogen-bond donors (Lipinski definition) is 3. The van der Waals surface area contributed by atoms with E-state index in [-0.39, 0.29) is 23.7 Å². The van der Waals surface area contributed by atoms with Crippen LogP contribution < -0.4 is 20.9 Å². The molecule has 0 heterocycles. The van der Waals surface area contributed by atoms with E-state index in [0.29, 0.717) is 17.9 Å². The molecule has 2 rings (SSSR count). The van der Waals surface area contributed by atoms with Crippen LogP contribution in [0.15, 0.2) is 24.3 Å². The van der Waals surface area contributed by atoms with Crippen LogP contribution in [-0.2, 0) is 9.59 Å². The third-order valence-corrected chi connectivity index (χ3v) is 4.95. The minimum absolute atomic E-state index is 0.0509. The molecule has 0 aromatic heterocycles. The maximum Gasteiger partial charge on any atom is 0.261 e. The molecule has 7 nitrogen and oxygen atoms in total. The summed E-state index contributed by atoms with van der Waals surface area (Å²) in [6, 6.07) is 5.98. The van der Waals surface area contributed by atoms with Crippen molar-refractivity contribution in [3.05, 3.63) is 29.8 Å². The zero-order valence-corrected chi connectivity index (χ0v) is 16.9. The number of amides is 3. The van der Waals surface area contributed by atoms with E-state index in [4.69, 9.17) is 4.74 Å². The lowest BCUT2D eigenvalue weighted by Gasteiger charge is -2.24. The van der Waals surface area contributed by atoms with Gasteiger partial charge in [-0.1, -0.05) is 33.1 Å². The summed E-state index contributed by atoms with van der Waals surface area (Å²) >= 11 is 0. The minimum atomic E-state index is -0.759. The summed E-state index contributed by atoms with van der Waals surface area (Å²) in [4.78, 5) is 37.2. The van der Waals surface area contributed by atoms with Crippen LogP contribution in [0.25, 0.3) is 0 Å². The van der Waals surface area contributed by atoms with Crippen molar-refractivity contribution in [3.63, 3.8) is 0 Å². The molecule has 0 spiro atoms. The molecular weight excluding hydrogens is 358 g/mol. The molecule has 1 aromatic carbocycles. The Morgan fingerprint density at radius 3 is 2.25 bits per heavy atom. The van der Waals surface area contributed by atoms with E-state index < -0.39 is 11.9 Å². The van der Waals surface area contributed by atoms with Crippen LogP contribution in [0.1, 0.15) is 63.2 Å². The van der Waals surface area contributed by atoms with Gasteiger partial charge in [0.2, 0.25) is 5.91 Å². The number of benzene rings is 1. The summed E-state index contributed by atoms with van der Waals surface area (Å²) in [6.07, 6.45) is 4.94. The lowest BCUT2D eigenvalue weighted by molar-refractivity contribution is -0.133. The molecule has 0 aliphatic heterocycles. The van der Waals surface area contributed by atoms with Gasteiger partial charge in [0.15, 0.2) is 0 Å². The Balaban J connectivity index is 1.90. The normalized spacial score (nSPS) is 15.6. The fraction of sp³-hybridized carbons (Fsp3) is 0.571. The Labute approximate surface area is 166 Å². The molecule has 154 valence electrons. The second-order valence-corrected chi connectivity index (χ2v) is 7.47. The largest absolute Gasteiger partial charge is 0.494 e. The summed E-state index contributed by atoms with van der Waals surface area (Å²) in [5.74, 6) is -0.451. The van der Waals surface area contributed by atoms with Gasteiger partial charge in [0, 0.05) is 11.5 Å². The molecule has 0 radical (unpaired) electrons. The van der Waals surface area contributed by atoms with E-state index in [9.17, 15) is 14.4 Å². The molecule has 0 bridgehead atoms. The predicted molar refractivity (Wildman–Crippen MR) is 107 cm³/mol. The second kappa shape index (κ2) is 10.7. The summed E-state index contributed by atoms with van der Waals surface area (Å²) in [7, 11) is 0. The van der Waals surface area contributed by atoms with Crippen LogP contribution in [0.2, 0.25) is 0 Å². The van der Waals surface area contributed by atoms with Gasteiger partial charge >= 0.3 is 0 Å². The Kier molecular flexibility index (Phi) is 8.29. The number of nitrogens with one attached hydrogen (secondary N) is 3. The molecule has 1 aliphatic carbocycles. The maximum atomic E-state index is 12.5. The Bertz CT molecular complexity index is 667. The average molecular weight is 389 g/mol. The Hall–Kier alpha value is -2.57. The van der Waals surface area contributed by atoms with Crippen molar-refractivity contribution in [1.82, 2.24) is 16.2 Å². The topological polar surface area (TPSA) is 96.5 Å². The van der Waals surface area contributed by atoms with Crippen molar-refractivity contribution in [2.75, 3.05) is 6.61 Å². The number of hydrogen-bond acceptors (Lipinski definition) is 4. The van der Waals surface area contributed by atoms with Crippen molar-refractivity contribution in [2.45, 2.75) is 58.9 Å². The van der Waals surface area contributed by atoms with Crippen LogP contribution in [0.5, 0.6) is 5.75 Å². The summed E-state index contributed by atoms with van der Waals surface area (Å²) in [6.45, 7) is 6.12. The first-order valence-corrected chi connectivity index (χ1v) is 10.1. The summed E-state index contributed by atoms with van der Waals surface area (Å²) in [5.41, 5.74) is 5.42. The highest BCUT2D eigenvalue weighted by molar-refractivity contribution is 5.98. The van der Waals surface area contributed by atoms with Crippen LogP contribution in [0.4, 0.5) is 0 Å². The van der Waals surface area contributed by atoms with Gasteiger partial charge in [0.1, 0.15) is 11.8 Å². The number of carbonyl (C=O) groups excluding carboxylic acids is 3. The van der Waals surface area contributed by atoms with Crippen LogP contribution in [0, 0.1) is 11.8 Å². The van der Waals surface area contributed by atoms with Gasteiger partial charge in [-0.15, -0.1) is 0 Å². The third-order valence-electron chi connectivity index (χ3n) is 4.95. The summed E-state index contributed by atoms with van der Waals surface area (Å²) < 4.78 is 5.37.